The summed E-state index contributed by atoms with van der Waals surface area (Å²) in [6.07, 6.45) is -3.55. The van der Waals surface area contributed by atoms with E-state index < -0.39 is 160 Å². The van der Waals surface area contributed by atoms with Crippen molar-refractivity contribution in [1.82, 2.24) is 31.9 Å². The highest BCUT2D eigenvalue weighted by Crippen LogP contribution is 2.26. The number of benzene rings is 3. The van der Waals surface area contributed by atoms with Gasteiger partial charge in [-0.15, -0.1) is 0 Å². The minimum atomic E-state index is -1.48. The first-order valence-electron chi connectivity index (χ1n) is 30.6. The molecule has 95 heavy (non-hydrogen) atoms. The van der Waals surface area contributed by atoms with Gasteiger partial charge in [-0.2, -0.15) is 0 Å². The molecule has 0 aliphatic heterocycles. The smallest absolute Gasteiger partial charge is 0.408 e. The lowest BCUT2D eigenvalue weighted by Gasteiger charge is -2.26. The van der Waals surface area contributed by atoms with E-state index in [9.17, 15) is 67.4 Å². The first-order chi connectivity index (χ1) is 43.5. The third-order valence-electron chi connectivity index (χ3n) is 12.6. The molecule has 30 heteroatoms. The second kappa shape index (κ2) is 33.2. The molecule has 3 rings (SSSR count). The fraction of sp³-hybridized carbons (Fsp3) is 0.523. The number of rotatable bonds is 24. The number of carbonyl (C=O) groups is 13. The Kier molecular flexibility index (Phi) is 27.7. The van der Waals surface area contributed by atoms with Crippen molar-refractivity contribution in [2.45, 2.75) is 204 Å². The molecule has 522 valence electrons. The van der Waals surface area contributed by atoms with Crippen molar-refractivity contribution in [2.75, 3.05) is 31.9 Å². The van der Waals surface area contributed by atoms with Crippen LogP contribution in [0.5, 0.6) is 0 Å². The van der Waals surface area contributed by atoms with Crippen molar-refractivity contribution in [2.24, 2.45) is 17.8 Å². The zero-order chi connectivity index (χ0) is 72.6. The fourth-order valence-corrected chi connectivity index (χ4v) is 8.26. The first-order valence-corrected chi connectivity index (χ1v) is 30.6. The highest BCUT2D eigenvalue weighted by Gasteiger charge is 2.33. The molecule has 13 N–H and O–H groups in total. The van der Waals surface area contributed by atoms with Crippen molar-refractivity contribution < 1.29 is 86.4 Å². The van der Waals surface area contributed by atoms with Crippen molar-refractivity contribution in [3.05, 3.63) is 71.3 Å². The Morgan fingerprint density at radius 1 is 0.295 bits per heavy atom. The van der Waals surface area contributed by atoms with Crippen LogP contribution >= 0.6 is 0 Å². The van der Waals surface area contributed by atoms with Gasteiger partial charge in [0.1, 0.15) is 58.7 Å². The number of hydrogen-bond donors (Lipinski definition) is 13. The molecule has 0 bridgehead atoms. The number of aromatic carboxylic acids is 1. The summed E-state index contributed by atoms with van der Waals surface area (Å²) in [6, 6.07) is 3.37. The molecule has 30 nitrogen and oxygen atoms in total. The van der Waals surface area contributed by atoms with E-state index in [4.69, 9.17) is 18.9 Å². The molecular formula is C65H94N12O18. The van der Waals surface area contributed by atoms with Gasteiger partial charge in [-0.25, -0.2) is 24.0 Å². The third-order valence-corrected chi connectivity index (χ3v) is 12.6. The average Bonchev–Trinajstić information content (AvgIpc) is 0.839. The molecule has 0 aliphatic carbocycles. The van der Waals surface area contributed by atoms with Gasteiger partial charge in [-0.05, 0) is 176 Å². The van der Waals surface area contributed by atoms with Crippen LogP contribution in [0.25, 0.3) is 0 Å². The fourth-order valence-electron chi connectivity index (χ4n) is 8.26. The molecule has 3 aromatic rings. The number of anilines is 6. The maximum absolute atomic E-state index is 14.4. The number of carboxylic acids is 1. The van der Waals surface area contributed by atoms with Crippen LogP contribution in [0.3, 0.4) is 0 Å². The summed E-state index contributed by atoms with van der Waals surface area (Å²) in [6.45, 7) is 33.5. The molecule has 0 saturated heterocycles. The number of alkyl carbamates (subject to hydrolysis) is 4. The summed E-state index contributed by atoms with van der Waals surface area (Å²) < 4.78 is 21.2. The van der Waals surface area contributed by atoms with E-state index in [1.54, 1.807) is 125 Å². The molecular weight excluding hydrogens is 1240 g/mol. The maximum Gasteiger partial charge on any atom is 0.408 e. The Labute approximate surface area is 553 Å². The number of hydrogen-bond acceptors (Lipinski definition) is 17. The lowest BCUT2D eigenvalue weighted by Crippen LogP contribution is -2.49. The van der Waals surface area contributed by atoms with Gasteiger partial charge in [0.15, 0.2) is 0 Å². The van der Waals surface area contributed by atoms with Crippen LogP contribution in [0.15, 0.2) is 54.6 Å². The van der Waals surface area contributed by atoms with Crippen molar-refractivity contribution >= 4 is 112 Å². The lowest BCUT2D eigenvalue weighted by molar-refractivity contribution is -0.119. The molecule has 0 saturated carbocycles. The van der Waals surface area contributed by atoms with Gasteiger partial charge in [0.2, 0.25) is 35.4 Å². The molecule has 12 amide bonds. The van der Waals surface area contributed by atoms with E-state index in [0.717, 1.165) is 12.1 Å². The predicted octanol–water partition coefficient (Wildman–Crippen LogP) is 8.21. The summed E-state index contributed by atoms with van der Waals surface area (Å²) in [4.78, 5) is 174. The van der Waals surface area contributed by atoms with E-state index in [-0.39, 0.29) is 45.3 Å². The van der Waals surface area contributed by atoms with E-state index in [1.807, 2.05) is 0 Å². The second-order valence-electron chi connectivity index (χ2n) is 27.5. The van der Waals surface area contributed by atoms with Crippen LogP contribution in [-0.2, 0) is 47.7 Å². The molecule has 0 aromatic heterocycles. The van der Waals surface area contributed by atoms with Crippen LogP contribution in [0.4, 0.5) is 53.3 Å². The van der Waals surface area contributed by atoms with Crippen LogP contribution in [-0.4, -0.2) is 141 Å². The van der Waals surface area contributed by atoms with Gasteiger partial charge in [-0.1, -0.05) is 41.5 Å². The summed E-state index contributed by atoms with van der Waals surface area (Å²) >= 11 is 0. The Bertz CT molecular complexity index is 3230. The summed E-state index contributed by atoms with van der Waals surface area (Å²) in [5, 5.41) is 40.8. The van der Waals surface area contributed by atoms with E-state index in [0.29, 0.717) is 0 Å². The Hall–Kier alpha value is -10.0. The van der Waals surface area contributed by atoms with Gasteiger partial charge < -0.3 is 87.9 Å². The zero-order valence-corrected chi connectivity index (χ0v) is 57.8. The van der Waals surface area contributed by atoms with Gasteiger partial charge >= 0.3 is 30.3 Å². The number of ether oxygens (including phenoxy) is 4. The number of carbonyl (C=O) groups excluding carboxylic acids is 12. The van der Waals surface area contributed by atoms with Crippen molar-refractivity contribution in [3.63, 3.8) is 0 Å². The molecule has 0 unspecified atom stereocenters. The van der Waals surface area contributed by atoms with Gasteiger partial charge in [0, 0.05) is 45.3 Å². The highest BCUT2D eigenvalue weighted by atomic mass is 16.6. The minimum absolute atomic E-state index is 0.0515. The topological polar surface area (TPSA) is 423 Å². The molecule has 0 aliphatic rings. The molecule has 3 aromatic carbocycles. The summed E-state index contributed by atoms with van der Waals surface area (Å²) in [5.74, 6) is -9.77. The molecule has 0 heterocycles. The van der Waals surface area contributed by atoms with Gasteiger partial charge in [0.05, 0.1) is 5.56 Å². The van der Waals surface area contributed by atoms with Crippen molar-refractivity contribution in [1.29, 1.82) is 0 Å². The monoisotopic (exact) mass is 1330 g/mol. The Balaban J connectivity index is 1.98. The molecule has 0 fully saturated rings. The number of carboxylic acid groups (broad SMARTS) is 1. The quantitative estimate of drug-likeness (QED) is 0.0375. The average molecular weight is 1330 g/mol. The molecule has 0 radical (unpaired) electrons. The standard InChI is InChI=1S/C65H94N12O18/c1-31(2)46(75-53(82)38-24-42(72-55(84)47(32(3)4)76-60(90)94-64(16,17)18)29-43(25-38)73-56(85)48(33(5)6)77-61(91)95-65(19,20)21)54(83)74-45-27-39(57(86)87)26-44(30-45)71-49(78)34(7)66-52(81)37-22-40(69-50(79)35(8)67-58(88)92-62(10,11)12)28-41(23-37)70-51(80)36(9)68-59(89)93-63(13,14)15/h22-36,46-48H,1-21H3,(H,66,81)(H,67,88)(H,68,89)(H,69,79)(H,70,80)(H,71,78)(H,72,84)(H,73,85)(H,74,83)(H,75,82)(H,76,90)(H,77,91)(H,86,87)/t34-,35-,36-,46-,47-,48-/m0/s1. The Morgan fingerprint density at radius 2 is 0.505 bits per heavy atom. The van der Waals surface area contributed by atoms with E-state index >= 15 is 0 Å². The third kappa shape index (κ3) is 28.0. The van der Waals surface area contributed by atoms with E-state index in [2.05, 4.69) is 63.8 Å². The number of nitrogens with one attached hydrogen (secondary N) is 12. The van der Waals surface area contributed by atoms with Crippen LogP contribution in [0, 0.1) is 17.8 Å². The van der Waals surface area contributed by atoms with Crippen LogP contribution in [0.1, 0.15) is 176 Å². The first kappa shape index (κ1) is 79.2. The van der Waals surface area contributed by atoms with Gasteiger partial charge in [0.25, 0.3) is 11.8 Å². The lowest BCUT2D eigenvalue weighted by atomic mass is 10.0. The second-order valence-corrected chi connectivity index (χ2v) is 27.5. The van der Waals surface area contributed by atoms with Crippen molar-refractivity contribution in [3.8, 4) is 0 Å². The largest absolute Gasteiger partial charge is 0.478 e. The predicted molar refractivity (Wildman–Crippen MR) is 355 cm³/mol. The molecule has 6 atom stereocenters. The summed E-state index contributed by atoms with van der Waals surface area (Å²) in [5.41, 5.74) is -5.01. The SMILES string of the molecule is CC(C)[C@H](NC(=O)OC(C)(C)C)C(=O)Nc1cc(NC(=O)[C@@H](NC(=O)OC(C)(C)C)C(C)C)cc(C(=O)N[C@H](C(=O)Nc2cc(NC(=O)[C@H](C)NC(=O)c3cc(NC(=O)[C@H](C)NC(=O)OC(C)(C)C)cc(NC(=O)[C@H](C)NC(=O)OC(C)(C)C)c3)cc(C(=O)O)c2)C(C)C)c1. The Morgan fingerprint density at radius 3 is 0.747 bits per heavy atom. The van der Waals surface area contributed by atoms with Crippen LogP contribution < -0.4 is 63.8 Å². The zero-order valence-electron chi connectivity index (χ0n) is 57.8. The van der Waals surface area contributed by atoms with Crippen LogP contribution in [0.2, 0.25) is 0 Å². The van der Waals surface area contributed by atoms with Gasteiger partial charge in [-0.3, -0.25) is 38.4 Å². The normalized spacial score (nSPS) is 13.5. The van der Waals surface area contributed by atoms with E-state index in [1.165, 1.54) is 63.2 Å². The number of amides is 12. The molecule has 0 spiro atoms. The maximum atomic E-state index is 14.4. The highest BCUT2D eigenvalue weighted by molar-refractivity contribution is 6.08. The minimum Gasteiger partial charge on any atom is -0.478 e. The summed E-state index contributed by atoms with van der Waals surface area (Å²) in [7, 11) is 0.